The summed E-state index contributed by atoms with van der Waals surface area (Å²) in [4.78, 5) is 16.4. The average Bonchev–Trinajstić information content (AvgIpc) is 2.99. The second-order valence-electron chi connectivity index (χ2n) is 7.90. The molecule has 148 valence electrons. The van der Waals surface area contributed by atoms with E-state index in [0.29, 0.717) is 6.04 Å². The summed E-state index contributed by atoms with van der Waals surface area (Å²) in [5, 5.41) is 1.07. The molecule has 0 aromatic carbocycles. The zero-order valence-electron chi connectivity index (χ0n) is 17.3. The first-order valence-corrected chi connectivity index (χ1v) is 10.8. The van der Waals surface area contributed by atoms with Gasteiger partial charge in [-0.1, -0.05) is 0 Å². The standard InChI is InChI=1S/C22H28N4OS/c1-13-10-19(11-14(2)23-13)27-18-8-9-26(15(3)12-18)16(4)20-6-7-21-22(25-20)24-17(5)28-21/h6-7,10-11,15-16,18H,8-9,12H2,1-5H3/t15-,16+,18+/m0/s1. The topological polar surface area (TPSA) is 51.1 Å². The lowest BCUT2D eigenvalue weighted by molar-refractivity contribution is 0.0389. The second-order valence-corrected chi connectivity index (χ2v) is 9.14. The zero-order valence-corrected chi connectivity index (χ0v) is 18.1. The lowest BCUT2D eigenvalue weighted by atomic mass is 9.97. The Morgan fingerprint density at radius 3 is 2.57 bits per heavy atom. The number of pyridine rings is 2. The summed E-state index contributed by atoms with van der Waals surface area (Å²) in [6, 6.07) is 9.08. The minimum absolute atomic E-state index is 0.247. The van der Waals surface area contributed by atoms with Gasteiger partial charge < -0.3 is 4.74 Å². The van der Waals surface area contributed by atoms with Crippen LogP contribution in [0.2, 0.25) is 0 Å². The molecule has 0 N–H and O–H groups in total. The lowest BCUT2D eigenvalue weighted by Crippen LogP contribution is -2.45. The molecule has 4 rings (SSSR count). The smallest absolute Gasteiger partial charge is 0.170 e. The van der Waals surface area contributed by atoms with Gasteiger partial charge >= 0.3 is 0 Å². The van der Waals surface area contributed by atoms with Crippen LogP contribution in [0.25, 0.3) is 10.3 Å². The molecule has 0 amide bonds. The monoisotopic (exact) mass is 396 g/mol. The van der Waals surface area contributed by atoms with Gasteiger partial charge in [-0.15, -0.1) is 11.3 Å². The number of aromatic nitrogens is 3. The van der Waals surface area contributed by atoms with Crippen LogP contribution in [0.1, 0.15) is 54.8 Å². The molecule has 6 heteroatoms. The van der Waals surface area contributed by atoms with Crippen LogP contribution in [-0.2, 0) is 0 Å². The molecule has 0 radical (unpaired) electrons. The van der Waals surface area contributed by atoms with E-state index in [-0.39, 0.29) is 12.1 Å². The van der Waals surface area contributed by atoms with Crippen LogP contribution < -0.4 is 4.74 Å². The number of rotatable bonds is 4. The van der Waals surface area contributed by atoms with Gasteiger partial charge in [0, 0.05) is 42.1 Å². The van der Waals surface area contributed by atoms with Gasteiger partial charge in [-0.2, -0.15) is 0 Å². The third-order valence-corrected chi connectivity index (χ3v) is 6.47. The largest absolute Gasteiger partial charge is 0.490 e. The van der Waals surface area contributed by atoms with Gasteiger partial charge in [0.15, 0.2) is 5.65 Å². The molecule has 4 heterocycles. The molecule has 1 aliphatic heterocycles. The van der Waals surface area contributed by atoms with Crippen molar-refractivity contribution in [1.82, 2.24) is 19.9 Å². The predicted molar refractivity (Wildman–Crippen MR) is 114 cm³/mol. The van der Waals surface area contributed by atoms with Crippen molar-refractivity contribution < 1.29 is 4.74 Å². The van der Waals surface area contributed by atoms with Crippen LogP contribution in [0.5, 0.6) is 5.75 Å². The summed E-state index contributed by atoms with van der Waals surface area (Å²) in [5.74, 6) is 0.940. The maximum absolute atomic E-state index is 6.29. The van der Waals surface area contributed by atoms with Gasteiger partial charge in [-0.25, -0.2) is 9.97 Å². The van der Waals surface area contributed by atoms with Crippen molar-refractivity contribution in [2.24, 2.45) is 0 Å². The van der Waals surface area contributed by atoms with Crippen LogP contribution in [0, 0.1) is 20.8 Å². The fourth-order valence-corrected chi connectivity index (χ4v) is 5.00. The SMILES string of the molecule is Cc1cc(O[C@@H]2CCN([C@H](C)c3ccc4sc(C)nc4n3)[C@@H](C)C2)cc(C)n1. The summed E-state index contributed by atoms with van der Waals surface area (Å²) in [7, 11) is 0. The molecule has 5 nitrogen and oxygen atoms in total. The van der Waals surface area contributed by atoms with Gasteiger partial charge in [0.05, 0.1) is 15.4 Å². The van der Waals surface area contributed by atoms with Crippen LogP contribution in [-0.4, -0.2) is 38.5 Å². The molecule has 28 heavy (non-hydrogen) atoms. The number of likely N-dealkylation sites (tertiary alicyclic amines) is 1. The van der Waals surface area contributed by atoms with Crippen molar-refractivity contribution in [3.63, 3.8) is 0 Å². The summed E-state index contributed by atoms with van der Waals surface area (Å²) in [6.07, 6.45) is 2.28. The first-order valence-electron chi connectivity index (χ1n) is 10.0. The summed E-state index contributed by atoms with van der Waals surface area (Å²) < 4.78 is 7.45. The lowest BCUT2D eigenvalue weighted by Gasteiger charge is -2.41. The van der Waals surface area contributed by atoms with E-state index in [2.05, 4.69) is 40.8 Å². The highest BCUT2D eigenvalue weighted by Gasteiger charge is 2.31. The van der Waals surface area contributed by atoms with Crippen molar-refractivity contribution in [2.75, 3.05) is 6.54 Å². The van der Waals surface area contributed by atoms with E-state index in [1.165, 1.54) is 0 Å². The molecular weight excluding hydrogens is 368 g/mol. The van der Waals surface area contributed by atoms with Crippen molar-refractivity contribution >= 4 is 21.7 Å². The average molecular weight is 397 g/mol. The molecule has 0 bridgehead atoms. The molecule has 1 aliphatic rings. The highest BCUT2D eigenvalue weighted by Crippen LogP contribution is 2.31. The molecular formula is C22H28N4OS. The number of nitrogens with zero attached hydrogens (tertiary/aromatic N) is 4. The Morgan fingerprint density at radius 2 is 1.86 bits per heavy atom. The van der Waals surface area contributed by atoms with Gasteiger partial charge in [-0.3, -0.25) is 9.88 Å². The van der Waals surface area contributed by atoms with Crippen molar-refractivity contribution in [3.05, 3.63) is 46.4 Å². The van der Waals surface area contributed by atoms with Crippen molar-refractivity contribution in [2.45, 2.75) is 65.6 Å². The first kappa shape index (κ1) is 19.3. The molecule has 3 aromatic heterocycles. The Bertz CT molecular complexity index is 966. The van der Waals surface area contributed by atoms with E-state index in [9.17, 15) is 0 Å². The van der Waals surface area contributed by atoms with E-state index >= 15 is 0 Å². The van der Waals surface area contributed by atoms with E-state index in [4.69, 9.17) is 9.72 Å². The van der Waals surface area contributed by atoms with E-state index in [0.717, 1.165) is 57.6 Å². The molecule has 0 unspecified atom stereocenters. The zero-order chi connectivity index (χ0) is 19.8. The van der Waals surface area contributed by atoms with Crippen molar-refractivity contribution in [1.29, 1.82) is 0 Å². The Balaban J connectivity index is 1.44. The second kappa shape index (κ2) is 7.76. The first-order chi connectivity index (χ1) is 13.4. The molecule has 3 aromatic rings. The highest BCUT2D eigenvalue weighted by molar-refractivity contribution is 7.18. The Labute approximate surface area is 170 Å². The minimum atomic E-state index is 0.247. The van der Waals surface area contributed by atoms with Crippen LogP contribution in [0.15, 0.2) is 24.3 Å². The summed E-state index contributed by atoms with van der Waals surface area (Å²) in [5.41, 5.74) is 3.99. The predicted octanol–water partition coefficient (Wildman–Crippen LogP) is 5.00. The molecule has 0 aliphatic carbocycles. The van der Waals surface area contributed by atoms with Gasteiger partial charge in [0.25, 0.3) is 0 Å². The van der Waals surface area contributed by atoms with Crippen LogP contribution >= 0.6 is 11.3 Å². The van der Waals surface area contributed by atoms with E-state index in [1.807, 2.05) is 32.9 Å². The maximum atomic E-state index is 6.29. The fourth-order valence-electron chi connectivity index (χ4n) is 4.23. The van der Waals surface area contributed by atoms with Gasteiger partial charge in [-0.05, 0) is 59.6 Å². The maximum Gasteiger partial charge on any atom is 0.170 e. The molecule has 1 fully saturated rings. The summed E-state index contributed by atoms with van der Waals surface area (Å²) in [6.45, 7) is 11.6. The number of piperidine rings is 1. The fraction of sp³-hybridized carbons (Fsp3) is 0.500. The van der Waals surface area contributed by atoms with Crippen LogP contribution in [0.3, 0.4) is 0 Å². The normalized spacial score (nSPS) is 21.8. The third kappa shape index (κ3) is 4.03. The Kier molecular flexibility index (Phi) is 5.34. The third-order valence-electron chi connectivity index (χ3n) is 5.54. The number of hydrogen-bond acceptors (Lipinski definition) is 6. The molecule has 1 saturated heterocycles. The summed E-state index contributed by atoms with van der Waals surface area (Å²) >= 11 is 1.70. The number of thiazole rings is 1. The number of hydrogen-bond donors (Lipinski definition) is 0. The van der Waals surface area contributed by atoms with E-state index in [1.54, 1.807) is 11.3 Å². The molecule has 3 atom stereocenters. The Hall–Kier alpha value is -2.05. The van der Waals surface area contributed by atoms with Crippen molar-refractivity contribution in [3.8, 4) is 5.75 Å². The van der Waals surface area contributed by atoms with Gasteiger partial charge in [0.2, 0.25) is 0 Å². The highest BCUT2D eigenvalue weighted by atomic mass is 32.1. The minimum Gasteiger partial charge on any atom is -0.490 e. The number of fused-ring (bicyclic) bond motifs is 1. The van der Waals surface area contributed by atoms with Crippen LogP contribution in [0.4, 0.5) is 0 Å². The van der Waals surface area contributed by atoms with E-state index < -0.39 is 0 Å². The molecule has 0 saturated carbocycles. The molecule has 0 spiro atoms. The quantitative estimate of drug-likeness (QED) is 0.621. The van der Waals surface area contributed by atoms with Gasteiger partial charge in [0.1, 0.15) is 11.9 Å². The number of aryl methyl sites for hydroxylation is 3. The Morgan fingerprint density at radius 1 is 1.11 bits per heavy atom. The number of ether oxygens (including phenoxy) is 1.